The molecule has 0 bridgehead atoms. The van der Waals surface area contributed by atoms with Gasteiger partial charge in [-0.1, -0.05) is 30.3 Å². The molecule has 1 aromatic carbocycles. The molecule has 0 amide bonds. The van der Waals surface area contributed by atoms with Crippen LogP contribution in [0.15, 0.2) is 30.3 Å². The van der Waals surface area contributed by atoms with Gasteiger partial charge in [0.25, 0.3) is 0 Å². The predicted octanol–water partition coefficient (Wildman–Crippen LogP) is 0.571. The fourth-order valence-corrected chi connectivity index (χ4v) is 5.25. The first-order valence-electron chi connectivity index (χ1n) is 7.96. The van der Waals surface area contributed by atoms with E-state index in [0.29, 0.717) is 6.54 Å². The highest BCUT2D eigenvalue weighted by Crippen LogP contribution is 2.25. The molecular formula is C16H24N2O3S. The summed E-state index contributed by atoms with van der Waals surface area (Å²) in [6, 6.07) is 10.2. The lowest BCUT2D eigenvalue weighted by molar-refractivity contribution is 0.155. The maximum atomic E-state index is 11.6. The van der Waals surface area contributed by atoms with E-state index >= 15 is 0 Å². The van der Waals surface area contributed by atoms with Gasteiger partial charge in [-0.15, -0.1) is 0 Å². The lowest BCUT2D eigenvalue weighted by atomic mass is 10.0. The van der Waals surface area contributed by atoms with Crippen LogP contribution < -0.4 is 5.32 Å². The topological polar surface area (TPSA) is 69.6 Å². The average Bonchev–Trinajstić information content (AvgIpc) is 3.09. The highest BCUT2D eigenvalue weighted by molar-refractivity contribution is 7.91. The van der Waals surface area contributed by atoms with Crippen molar-refractivity contribution in [2.24, 2.45) is 0 Å². The van der Waals surface area contributed by atoms with Crippen LogP contribution in [0.5, 0.6) is 0 Å². The van der Waals surface area contributed by atoms with Crippen LogP contribution in [0.2, 0.25) is 0 Å². The van der Waals surface area contributed by atoms with Crippen molar-refractivity contribution < 1.29 is 13.5 Å². The van der Waals surface area contributed by atoms with Gasteiger partial charge in [0, 0.05) is 18.6 Å². The Bertz CT molecular complexity index is 585. The number of rotatable bonds is 5. The third-order valence-electron chi connectivity index (χ3n) is 4.66. The fraction of sp³-hybridized carbons (Fsp3) is 0.625. The van der Waals surface area contributed by atoms with Crippen LogP contribution in [0.3, 0.4) is 0 Å². The number of hydrogen-bond acceptors (Lipinski definition) is 5. The van der Waals surface area contributed by atoms with Gasteiger partial charge in [0.15, 0.2) is 9.84 Å². The molecule has 0 saturated carbocycles. The smallest absolute Gasteiger partial charge is 0.154 e. The van der Waals surface area contributed by atoms with Crippen molar-refractivity contribution in [2.45, 2.75) is 31.0 Å². The molecule has 0 radical (unpaired) electrons. The molecule has 2 fully saturated rings. The minimum atomic E-state index is -3.10. The summed E-state index contributed by atoms with van der Waals surface area (Å²) in [5.74, 6) is -0.0833. The number of hydrogen-bond donors (Lipinski definition) is 2. The third kappa shape index (κ3) is 3.68. The van der Waals surface area contributed by atoms with E-state index in [0.717, 1.165) is 13.1 Å². The van der Waals surface area contributed by atoms with E-state index in [9.17, 15) is 13.5 Å². The zero-order chi connectivity index (χ0) is 15.6. The summed E-state index contributed by atoms with van der Waals surface area (Å²) >= 11 is 0. The normalized spacial score (nSPS) is 29.7. The van der Waals surface area contributed by atoms with Crippen LogP contribution in [-0.4, -0.2) is 61.7 Å². The molecule has 0 unspecified atom stereocenters. The standard InChI is InChI=1S/C16H24N2O3S/c19-16-12-22(20,21)11-14(16)17-10-15(18-8-4-5-9-18)13-6-2-1-3-7-13/h1-3,6-7,14-17,19H,4-5,8-12H2/t14-,15-,16-/m0/s1. The Balaban J connectivity index is 1.68. The summed E-state index contributed by atoms with van der Waals surface area (Å²) < 4.78 is 23.2. The van der Waals surface area contributed by atoms with Crippen molar-refractivity contribution in [2.75, 3.05) is 31.1 Å². The Hall–Kier alpha value is -0.950. The van der Waals surface area contributed by atoms with Crippen LogP contribution in [0.25, 0.3) is 0 Å². The van der Waals surface area contributed by atoms with Gasteiger partial charge in [-0.05, 0) is 31.5 Å². The molecule has 2 N–H and O–H groups in total. The number of nitrogens with zero attached hydrogens (tertiary/aromatic N) is 1. The van der Waals surface area contributed by atoms with Crippen molar-refractivity contribution in [1.29, 1.82) is 0 Å². The monoisotopic (exact) mass is 324 g/mol. The summed E-state index contributed by atoms with van der Waals surface area (Å²) in [5.41, 5.74) is 1.24. The van der Waals surface area contributed by atoms with Gasteiger partial charge in [0.2, 0.25) is 0 Å². The summed E-state index contributed by atoms with van der Waals surface area (Å²) in [4.78, 5) is 2.44. The summed E-state index contributed by atoms with van der Waals surface area (Å²) in [6.45, 7) is 2.82. The molecule has 2 heterocycles. The number of likely N-dealkylation sites (tertiary alicyclic amines) is 1. The SMILES string of the molecule is O=S1(=O)C[C@H](NC[C@@H](c2ccccc2)N2CCCC2)[C@@H](O)C1. The molecular weight excluding hydrogens is 300 g/mol. The van der Waals surface area contributed by atoms with E-state index in [4.69, 9.17) is 0 Å². The predicted molar refractivity (Wildman–Crippen MR) is 86.4 cm³/mol. The lowest BCUT2D eigenvalue weighted by Gasteiger charge is -2.30. The lowest BCUT2D eigenvalue weighted by Crippen LogP contribution is -2.44. The van der Waals surface area contributed by atoms with E-state index in [1.54, 1.807) is 0 Å². The van der Waals surface area contributed by atoms with Crippen LogP contribution in [0.1, 0.15) is 24.4 Å². The first-order valence-corrected chi connectivity index (χ1v) is 9.78. The third-order valence-corrected chi connectivity index (χ3v) is 6.38. The Morgan fingerprint density at radius 3 is 2.45 bits per heavy atom. The number of benzene rings is 1. The van der Waals surface area contributed by atoms with E-state index < -0.39 is 15.9 Å². The maximum Gasteiger partial charge on any atom is 0.154 e. The Morgan fingerprint density at radius 1 is 1.18 bits per heavy atom. The van der Waals surface area contributed by atoms with Gasteiger partial charge in [-0.2, -0.15) is 0 Å². The molecule has 5 nitrogen and oxygen atoms in total. The molecule has 0 aromatic heterocycles. The second-order valence-corrected chi connectivity index (χ2v) is 8.48. The summed E-state index contributed by atoms with van der Waals surface area (Å²) in [5, 5.41) is 13.2. The second-order valence-electron chi connectivity index (χ2n) is 6.33. The average molecular weight is 324 g/mol. The van der Waals surface area contributed by atoms with Gasteiger partial charge < -0.3 is 10.4 Å². The molecule has 2 aliphatic heterocycles. The second kappa shape index (κ2) is 6.66. The Kier molecular flexibility index (Phi) is 4.82. The Labute approximate surface area is 132 Å². The zero-order valence-corrected chi connectivity index (χ0v) is 13.5. The van der Waals surface area contributed by atoms with Gasteiger partial charge in [-0.3, -0.25) is 4.90 Å². The maximum absolute atomic E-state index is 11.6. The number of nitrogens with one attached hydrogen (secondary N) is 1. The molecule has 0 aliphatic carbocycles. The van der Waals surface area contributed by atoms with Crippen molar-refractivity contribution in [3.05, 3.63) is 35.9 Å². The first kappa shape index (κ1) is 15.9. The zero-order valence-electron chi connectivity index (χ0n) is 12.7. The molecule has 3 rings (SSSR count). The number of aliphatic hydroxyl groups is 1. The van der Waals surface area contributed by atoms with E-state index in [-0.39, 0.29) is 23.6 Å². The minimum absolute atomic E-state index is 0.0374. The molecule has 122 valence electrons. The fourth-order valence-electron chi connectivity index (χ4n) is 3.47. The minimum Gasteiger partial charge on any atom is -0.390 e. The molecule has 22 heavy (non-hydrogen) atoms. The van der Waals surface area contributed by atoms with E-state index in [2.05, 4.69) is 22.3 Å². The Morgan fingerprint density at radius 2 is 1.86 bits per heavy atom. The first-order chi connectivity index (χ1) is 10.6. The van der Waals surface area contributed by atoms with E-state index in [1.807, 2.05) is 18.2 Å². The largest absolute Gasteiger partial charge is 0.390 e. The molecule has 6 heteroatoms. The quantitative estimate of drug-likeness (QED) is 0.829. The van der Waals surface area contributed by atoms with Crippen molar-refractivity contribution in [3.63, 3.8) is 0 Å². The highest BCUT2D eigenvalue weighted by atomic mass is 32.2. The number of aliphatic hydroxyl groups excluding tert-OH is 1. The summed E-state index contributed by atoms with van der Waals surface area (Å²) in [6.07, 6.45) is 1.63. The van der Waals surface area contributed by atoms with Crippen LogP contribution in [-0.2, 0) is 9.84 Å². The van der Waals surface area contributed by atoms with Crippen LogP contribution in [0.4, 0.5) is 0 Å². The summed E-state index contributed by atoms with van der Waals surface area (Å²) in [7, 11) is -3.10. The molecule has 0 spiro atoms. The highest BCUT2D eigenvalue weighted by Gasteiger charge is 2.36. The van der Waals surface area contributed by atoms with Gasteiger partial charge in [0.05, 0.1) is 17.6 Å². The molecule has 3 atom stereocenters. The van der Waals surface area contributed by atoms with Crippen LogP contribution in [0, 0.1) is 0 Å². The van der Waals surface area contributed by atoms with Crippen molar-refractivity contribution in [1.82, 2.24) is 10.2 Å². The molecule has 2 saturated heterocycles. The van der Waals surface area contributed by atoms with Crippen molar-refractivity contribution >= 4 is 9.84 Å². The van der Waals surface area contributed by atoms with Gasteiger partial charge >= 0.3 is 0 Å². The molecule has 1 aromatic rings. The van der Waals surface area contributed by atoms with Gasteiger partial charge in [-0.25, -0.2) is 8.42 Å². The molecule has 2 aliphatic rings. The van der Waals surface area contributed by atoms with Gasteiger partial charge in [0.1, 0.15) is 0 Å². The van der Waals surface area contributed by atoms with Crippen LogP contribution >= 0.6 is 0 Å². The van der Waals surface area contributed by atoms with Crippen molar-refractivity contribution in [3.8, 4) is 0 Å². The van der Waals surface area contributed by atoms with E-state index in [1.165, 1.54) is 18.4 Å². The number of sulfone groups is 1.